The van der Waals surface area contributed by atoms with E-state index in [0.29, 0.717) is 43.2 Å². The number of aromatic hydroxyl groups is 1. The molecule has 5 aromatic rings. The lowest BCUT2D eigenvalue weighted by Gasteiger charge is -2.49. The van der Waals surface area contributed by atoms with Crippen LogP contribution in [0.4, 0.5) is 11.5 Å². The molecule has 1 saturated carbocycles. The fourth-order valence-electron chi connectivity index (χ4n) is 9.91. The van der Waals surface area contributed by atoms with E-state index in [1.54, 1.807) is 35.2 Å². The first-order chi connectivity index (χ1) is 27.2. The molecule has 2 saturated heterocycles. The van der Waals surface area contributed by atoms with E-state index in [-0.39, 0.29) is 29.7 Å². The summed E-state index contributed by atoms with van der Waals surface area (Å²) < 4.78 is 9.03. The molecule has 6 unspecified atom stereocenters. The average molecular weight is 933 g/mol. The van der Waals surface area contributed by atoms with Gasteiger partial charge in [0.1, 0.15) is 11.5 Å². The first-order valence-electron chi connectivity index (χ1n) is 18.7. The zero-order valence-corrected chi connectivity index (χ0v) is 36.3. The van der Waals surface area contributed by atoms with Gasteiger partial charge in [-0.15, -0.1) is 11.3 Å². The number of ether oxygens (including phenoxy) is 1. The standard InChI is InChI=1S/C43H37Br2ClN4O6S/c1-6-20-7-10-22(11-8-20)49-39(52)24-13-12-23-26(33(24)41(49)54)16-28-40(53)50(42(55)43(28,3)34(23)27-17-30(56-5)37(51)36(45)35(27)44)32-18-29(47-48(32)4)38-19(2)25-15-21(46)9-14-31(25)57-38/h7-12,14-15,17-18,24,26,28,33-34,51H,6,13,16H2,1-5H3. The van der Waals surface area contributed by atoms with Crippen molar-refractivity contribution in [3.8, 4) is 22.1 Å². The van der Waals surface area contributed by atoms with Crippen LogP contribution in [0.2, 0.25) is 5.02 Å². The van der Waals surface area contributed by atoms with Crippen molar-refractivity contribution in [2.75, 3.05) is 16.9 Å². The number of rotatable bonds is 6. The number of aromatic nitrogens is 2. The first-order valence-corrected chi connectivity index (χ1v) is 21.5. The molecule has 4 amide bonds. The Morgan fingerprint density at radius 1 is 0.982 bits per heavy atom. The number of methoxy groups -OCH3 is 1. The zero-order chi connectivity index (χ0) is 40.4. The van der Waals surface area contributed by atoms with Crippen molar-refractivity contribution < 1.29 is 29.0 Å². The molecule has 3 aromatic carbocycles. The highest BCUT2D eigenvalue weighted by Crippen LogP contribution is 2.65. The van der Waals surface area contributed by atoms with Crippen LogP contribution in [0.3, 0.4) is 0 Å². The van der Waals surface area contributed by atoms with Crippen molar-refractivity contribution in [2.45, 2.75) is 46.0 Å². The lowest BCUT2D eigenvalue weighted by molar-refractivity contribution is -0.131. The molecule has 1 N–H and O–H groups in total. The molecule has 4 heterocycles. The summed E-state index contributed by atoms with van der Waals surface area (Å²) in [6.45, 7) is 5.88. The van der Waals surface area contributed by atoms with Crippen LogP contribution < -0.4 is 14.5 Å². The van der Waals surface area contributed by atoms with Gasteiger partial charge in [-0.05, 0) is 129 Å². The number of carbonyl (C=O) groups excluding carboxylic acids is 4. The van der Waals surface area contributed by atoms with Crippen LogP contribution in [0.1, 0.15) is 49.3 Å². The molecule has 10 nitrogen and oxygen atoms in total. The first kappa shape index (κ1) is 38.2. The number of thiophene rings is 1. The lowest BCUT2D eigenvalue weighted by Crippen LogP contribution is -2.49. The predicted octanol–water partition coefficient (Wildman–Crippen LogP) is 9.50. The fraction of sp³-hybridized carbons (Fsp3) is 0.326. The van der Waals surface area contributed by atoms with Gasteiger partial charge in [-0.3, -0.25) is 28.8 Å². The van der Waals surface area contributed by atoms with Gasteiger partial charge in [-0.2, -0.15) is 5.10 Å². The summed E-state index contributed by atoms with van der Waals surface area (Å²) in [5.41, 5.74) is 3.31. The second-order valence-corrected chi connectivity index (χ2v) is 18.6. The van der Waals surface area contributed by atoms with Crippen LogP contribution in [0.15, 0.2) is 75.2 Å². The highest BCUT2D eigenvalue weighted by molar-refractivity contribution is 9.13. The van der Waals surface area contributed by atoms with Crippen molar-refractivity contribution in [1.29, 1.82) is 0 Å². The van der Waals surface area contributed by atoms with Gasteiger partial charge in [-0.1, -0.05) is 42.3 Å². The number of anilines is 2. The van der Waals surface area contributed by atoms with Gasteiger partial charge in [0, 0.05) is 33.2 Å². The molecule has 14 heteroatoms. The second kappa shape index (κ2) is 13.6. The summed E-state index contributed by atoms with van der Waals surface area (Å²) in [5, 5.41) is 17.4. The molecule has 0 bridgehead atoms. The van der Waals surface area contributed by atoms with E-state index >= 15 is 9.59 Å². The summed E-state index contributed by atoms with van der Waals surface area (Å²) in [7, 11) is 3.16. The molecule has 57 heavy (non-hydrogen) atoms. The number of amides is 4. The monoisotopic (exact) mass is 930 g/mol. The number of hydrogen-bond acceptors (Lipinski definition) is 8. The van der Waals surface area contributed by atoms with E-state index in [1.165, 1.54) is 16.9 Å². The fourth-order valence-corrected chi connectivity index (χ4v) is 12.2. The van der Waals surface area contributed by atoms with Crippen LogP contribution in [-0.4, -0.2) is 45.6 Å². The van der Waals surface area contributed by atoms with E-state index in [0.717, 1.165) is 38.1 Å². The molecular formula is C43H37Br2ClN4O6S. The normalized spacial score (nSPS) is 25.6. The van der Waals surface area contributed by atoms with Gasteiger partial charge in [-0.25, -0.2) is 4.90 Å². The van der Waals surface area contributed by atoms with Crippen LogP contribution in [-0.2, 0) is 32.6 Å². The van der Waals surface area contributed by atoms with Crippen molar-refractivity contribution in [3.63, 3.8) is 0 Å². The third-order valence-corrected chi connectivity index (χ3v) is 16.5. The molecule has 3 fully saturated rings. The third-order valence-electron chi connectivity index (χ3n) is 12.8. The van der Waals surface area contributed by atoms with Gasteiger partial charge < -0.3 is 9.84 Å². The Morgan fingerprint density at radius 3 is 2.42 bits per heavy atom. The quantitative estimate of drug-likeness (QED) is 0.133. The molecule has 6 atom stereocenters. The Morgan fingerprint density at radius 2 is 1.72 bits per heavy atom. The van der Waals surface area contributed by atoms with E-state index in [9.17, 15) is 14.7 Å². The Bertz CT molecular complexity index is 2640. The number of nitrogens with zero attached hydrogens (tertiary/aromatic N) is 4. The highest BCUT2D eigenvalue weighted by atomic mass is 79.9. The summed E-state index contributed by atoms with van der Waals surface area (Å²) >= 11 is 15.1. The Balaban J connectivity index is 1.18. The van der Waals surface area contributed by atoms with Gasteiger partial charge in [0.15, 0.2) is 11.5 Å². The molecule has 0 spiro atoms. The van der Waals surface area contributed by atoms with Crippen molar-refractivity contribution in [2.24, 2.45) is 36.1 Å². The third kappa shape index (κ3) is 5.41. The number of benzene rings is 3. The number of halogens is 3. The number of carbonyl (C=O) groups is 4. The molecule has 2 aliphatic carbocycles. The smallest absolute Gasteiger partial charge is 0.242 e. The number of imide groups is 2. The number of allylic oxidation sites excluding steroid dienone is 2. The second-order valence-electron chi connectivity index (χ2n) is 15.5. The number of phenolic OH excluding ortho intramolecular Hbond substituents is 1. The maximum absolute atomic E-state index is 15.3. The zero-order valence-electron chi connectivity index (χ0n) is 31.6. The van der Waals surface area contributed by atoms with Crippen LogP contribution >= 0.6 is 54.8 Å². The minimum absolute atomic E-state index is 0.127. The molecule has 9 rings (SSSR count). The number of aryl methyl sites for hydroxylation is 3. The SMILES string of the molecule is CCc1ccc(N2C(=O)C3CC=C4C(CC5C(=O)N(c6cc(-c7sc8ccc(Cl)cc8c7C)nn6C)C(=O)C5(C)C4c4cc(OC)c(O)c(Br)c4Br)C3C2=O)cc1. The Labute approximate surface area is 354 Å². The topological polar surface area (TPSA) is 122 Å². The predicted molar refractivity (Wildman–Crippen MR) is 227 cm³/mol. The highest BCUT2D eigenvalue weighted by Gasteiger charge is 2.68. The maximum Gasteiger partial charge on any atom is 0.242 e. The van der Waals surface area contributed by atoms with Crippen LogP contribution in [0.25, 0.3) is 20.7 Å². The average Bonchev–Trinajstić information content (AvgIpc) is 3.87. The summed E-state index contributed by atoms with van der Waals surface area (Å²) in [6.07, 6.45) is 3.32. The van der Waals surface area contributed by atoms with Crippen molar-refractivity contribution in [3.05, 3.63) is 96.9 Å². The largest absolute Gasteiger partial charge is 0.503 e. The molecule has 2 aromatic heterocycles. The van der Waals surface area contributed by atoms with Crippen molar-refractivity contribution in [1.82, 2.24) is 9.78 Å². The van der Waals surface area contributed by atoms with E-state index in [4.69, 9.17) is 21.4 Å². The molecular weight excluding hydrogens is 896 g/mol. The van der Waals surface area contributed by atoms with E-state index < -0.39 is 46.8 Å². The van der Waals surface area contributed by atoms with Crippen LogP contribution in [0, 0.1) is 36.0 Å². The minimum Gasteiger partial charge on any atom is -0.503 e. The maximum atomic E-state index is 15.3. The summed E-state index contributed by atoms with van der Waals surface area (Å²) in [4.78, 5) is 62.5. The van der Waals surface area contributed by atoms with Gasteiger partial charge in [0.05, 0.1) is 45.3 Å². The molecule has 2 aliphatic heterocycles. The number of fused-ring (bicyclic) bond motifs is 5. The summed E-state index contributed by atoms with van der Waals surface area (Å²) in [5.74, 6) is -4.48. The Kier molecular flexibility index (Phi) is 9.15. The summed E-state index contributed by atoms with van der Waals surface area (Å²) in [6, 6.07) is 16.7. The number of phenols is 1. The van der Waals surface area contributed by atoms with Gasteiger partial charge in [0.2, 0.25) is 23.6 Å². The van der Waals surface area contributed by atoms with Gasteiger partial charge >= 0.3 is 0 Å². The molecule has 292 valence electrons. The lowest BCUT2D eigenvalue weighted by atomic mass is 9.51. The number of hydrogen-bond donors (Lipinski definition) is 1. The minimum atomic E-state index is -1.34. The molecule has 0 radical (unpaired) electrons. The van der Waals surface area contributed by atoms with Crippen LogP contribution in [0.5, 0.6) is 11.5 Å². The van der Waals surface area contributed by atoms with E-state index in [2.05, 4.69) is 31.9 Å². The Hall–Kier alpha value is -4.30. The molecule has 4 aliphatic rings. The van der Waals surface area contributed by atoms with E-state index in [1.807, 2.05) is 69.3 Å². The van der Waals surface area contributed by atoms with Crippen molar-refractivity contribution >= 4 is 100 Å². The van der Waals surface area contributed by atoms with Gasteiger partial charge in [0.25, 0.3) is 0 Å².